The standard InChI is InChI=1S/C14H13N/c1-12-6-5-7-13(10-12)11-15-14-8-3-2-4-9-14/h2-11H,1H3. The van der Waals surface area contributed by atoms with Crippen LogP contribution in [0.2, 0.25) is 0 Å². The molecule has 0 aliphatic carbocycles. The largest absolute Gasteiger partial charge is 0.256 e. The van der Waals surface area contributed by atoms with Gasteiger partial charge < -0.3 is 0 Å². The fraction of sp³-hybridized carbons (Fsp3) is 0.0714. The monoisotopic (exact) mass is 195 g/mol. The fourth-order valence-electron chi connectivity index (χ4n) is 1.41. The summed E-state index contributed by atoms with van der Waals surface area (Å²) >= 11 is 0. The lowest BCUT2D eigenvalue weighted by molar-refractivity contribution is 1.45. The van der Waals surface area contributed by atoms with Gasteiger partial charge in [0.25, 0.3) is 0 Å². The summed E-state index contributed by atoms with van der Waals surface area (Å²) < 4.78 is 0. The first-order valence-corrected chi connectivity index (χ1v) is 5.00. The lowest BCUT2D eigenvalue weighted by atomic mass is 10.1. The van der Waals surface area contributed by atoms with Crippen molar-refractivity contribution in [1.82, 2.24) is 0 Å². The van der Waals surface area contributed by atoms with Crippen molar-refractivity contribution < 1.29 is 0 Å². The van der Waals surface area contributed by atoms with E-state index in [4.69, 9.17) is 0 Å². The van der Waals surface area contributed by atoms with Crippen LogP contribution in [0.5, 0.6) is 0 Å². The van der Waals surface area contributed by atoms with Crippen LogP contribution < -0.4 is 0 Å². The van der Waals surface area contributed by atoms with Crippen LogP contribution in [0.3, 0.4) is 0 Å². The average Bonchev–Trinajstić information content (AvgIpc) is 2.28. The first-order chi connectivity index (χ1) is 7.34. The number of aliphatic imine (C=N–C) groups is 1. The van der Waals surface area contributed by atoms with Crippen molar-refractivity contribution in [3.8, 4) is 0 Å². The summed E-state index contributed by atoms with van der Waals surface area (Å²) in [7, 11) is 0. The maximum atomic E-state index is 4.39. The second-order valence-electron chi connectivity index (χ2n) is 3.51. The van der Waals surface area contributed by atoms with E-state index in [1.807, 2.05) is 42.6 Å². The maximum Gasteiger partial charge on any atom is 0.0629 e. The van der Waals surface area contributed by atoms with Crippen molar-refractivity contribution in [3.05, 3.63) is 65.7 Å². The number of benzene rings is 2. The van der Waals surface area contributed by atoms with Crippen molar-refractivity contribution in [2.75, 3.05) is 0 Å². The Hall–Kier alpha value is -1.89. The van der Waals surface area contributed by atoms with Gasteiger partial charge in [-0.2, -0.15) is 0 Å². The predicted molar refractivity (Wildman–Crippen MR) is 64.9 cm³/mol. The Kier molecular flexibility index (Phi) is 2.93. The van der Waals surface area contributed by atoms with Crippen molar-refractivity contribution in [2.45, 2.75) is 6.92 Å². The Balaban J connectivity index is 2.19. The quantitative estimate of drug-likeness (QED) is 0.647. The molecule has 74 valence electrons. The fourth-order valence-corrected chi connectivity index (χ4v) is 1.41. The van der Waals surface area contributed by atoms with Gasteiger partial charge in [0.15, 0.2) is 0 Å². The van der Waals surface area contributed by atoms with Gasteiger partial charge in [-0.15, -0.1) is 0 Å². The molecule has 0 atom stereocenters. The maximum absolute atomic E-state index is 4.39. The third kappa shape index (κ3) is 2.78. The van der Waals surface area contributed by atoms with Crippen LogP contribution in [0.4, 0.5) is 5.69 Å². The van der Waals surface area contributed by atoms with Gasteiger partial charge in [-0.05, 0) is 24.6 Å². The molecule has 0 saturated heterocycles. The second kappa shape index (κ2) is 4.56. The first-order valence-electron chi connectivity index (χ1n) is 5.00. The van der Waals surface area contributed by atoms with Crippen LogP contribution in [0.15, 0.2) is 59.6 Å². The lowest BCUT2D eigenvalue weighted by Gasteiger charge is -1.95. The van der Waals surface area contributed by atoms with E-state index >= 15 is 0 Å². The highest BCUT2D eigenvalue weighted by molar-refractivity contribution is 5.82. The molecule has 0 aliphatic heterocycles. The third-order valence-electron chi connectivity index (χ3n) is 2.16. The Morgan fingerprint density at radius 1 is 0.933 bits per heavy atom. The topological polar surface area (TPSA) is 12.4 Å². The molecule has 0 fully saturated rings. The molecule has 2 aromatic carbocycles. The summed E-state index contributed by atoms with van der Waals surface area (Å²) in [5, 5.41) is 0. The molecular formula is C14H13N. The summed E-state index contributed by atoms with van der Waals surface area (Å²) in [5.74, 6) is 0. The molecule has 2 aromatic rings. The minimum absolute atomic E-state index is 0.985. The molecule has 1 heteroatoms. The van der Waals surface area contributed by atoms with Crippen molar-refractivity contribution in [1.29, 1.82) is 0 Å². The number of rotatable bonds is 2. The minimum atomic E-state index is 0.985. The number of aryl methyl sites for hydroxylation is 1. The normalized spacial score (nSPS) is 10.7. The van der Waals surface area contributed by atoms with Crippen LogP contribution in [-0.4, -0.2) is 6.21 Å². The number of hydrogen-bond acceptors (Lipinski definition) is 1. The molecule has 0 radical (unpaired) electrons. The van der Waals surface area contributed by atoms with Crippen LogP contribution >= 0.6 is 0 Å². The lowest BCUT2D eigenvalue weighted by Crippen LogP contribution is -1.80. The van der Waals surface area contributed by atoms with Gasteiger partial charge in [0.05, 0.1) is 5.69 Å². The molecule has 0 heterocycles. The van der Waals surface area contributed by atoms with Crippen LogP contribution in [0, 0.1) is 6.92 Å². The summed E-state index contributed by atoms with van der Waals surface area (Å²) in [6, 6.07) is 18.3. The van der Waals surface area contributed by atoms with Gasteiger partial charge in [0, 0.05) is 6.21 Å². The van der Waals surface area contributed by atoms with E-state index < -0.39 is 0 Å². The summed E-state index contributed by atoms with van der Waals surface area (Å²) in [6.07, 6.45) is 1.89. The molecule has 0 unspecified atom stereocenters. The van der Waals surface area contributed by atoms with Crippen molar-refractivity contribution in [3.63, 3.8) is 0 Å². The van der Waals surface area contributed by atoms with Gasteiger partial charge in [0.2, 0.25) is 0 Å². The summed E-state index contributed by atoms with van der Waals surface area (Å²) in [6.45, 7) is 2.08. The molecule has 1 nitrogen and oxygen atoms in total. The zero-order valence-electron chi connectivity index (χ0n) is 8.72. The van der Waals surface area contributed by atoms with Crippen LogP contribution in [0.1, 0.15) is 11.1 Å². The Labute approximate surface area is 90.1 Å². The summed E-state index contributed by atoms with van der Waals surface area (Å²) in [4.78, 5) is 4.39. The highest BCUT2D eigenvalue weighted by atomic mass is 14.7. The van der Waals surface area contributed by atoms with Crippen LogP contribution in [0.25, 0.3) is 0 Å². The van der Waals surface area contributed by atoms with Crippen LogP contribution in [-0.2, 0) is 0 Å². The van der Waals surface area contributed by atoms with E-state index in [1.54, 1.807) is 0 Å². The Bertz CT molecular complexity index is 458. The zero-order valence-corrected chi connectivity index (χ0v) is 8.72. The van der Waals surface area contributed by atoms with E-state index in [0.717, 1.165) is 11.3 Å². The molecule has 0 N–H and O–H groups in total. The number of hydrogen-bond donors (Lipinski definition) is 0. The van der Waals surface area contributed by atoms with E-state index in [0.29, 0.717) is 0 Å². The third-order valence-corrected chi connectivity index (χ3v) is 2.16. The smallest absolute Gasteiger partial charge is 0.0629 e. The Morgan fingerprint density at radius 3 is 2.47 bits per heavy atom. The molecule has 0 aromatic heterocycles. The molecule has 0 amide bonds. The molecule has 0 spiro atoms. The molecule has 0 bridgehead atoms. The van der Waals surface area contributed by atoms with Gasteiger partial charge in [-0.25, -0.2) is 0 Å². The predicted octanol–water partition coefficient (Wildman–Crippen LogP) is 3.75. The average molecular weight is 195 g/mol. The molecule has 0 aliphatic rings. The first kappa shape index (κ1) is 9.66. The SMILES string of the molecule is Cc1cccc(C=Nc2ccccc2)c1. The number of para-hydroxylation sites is 1. The highest BCUT2D eigenvalue weighted by Crippen LogP contribution is 2.10. The molecule has 15 heavy (non-hydrogen) atoms. The van der Waals surface area contributed by atoms with Crippen molar-refractivity contribution >= 4 is 11.9 Å². The highest BCUT2D eigenvalue weighted by Gasteiger charge is 1.88. The Morgan fingerprint density at radius 2 is 1.73 bits per heavy atom. The molecular weight excluding hydrogens is 182 g/mol. The van der Waals surface area contributed by atoms with Crippen molar-refractivity contribution in [2.24, 2.45) is 4.99 Å². The van der Waals surface area contributed by atoms with Gasteiger partial charge in [-0.3, -0.25) is 4.99 Å². The molecule has 2 rings (SSSR count). The zero-order chi connectivity index (χ0) is 10.5. The van der Waals surface area contributed by atoms with E-state index in [2.05, 4.69) is 30.1 Å². The molecule has 0 saturated carbocycles. The number of nitrogens with zero attached hydrogens (tertiary/aromatic N) is 1. The minimum Gasteiger partial charge on any atom is -0.256 e. The van der Waals surface area contributed by atoms with Gasteiger partial charge in [0.1, 0.15) is 0 Å². The van der Waals surface area contributed by atoms with E-state index in [-0.39, 0.29) is 0 Å². The van der Waals surface area contributed by atoms with E-state index in [1.165, 1.54) is 5.56 Å². The second-order valence-corrected chi connectivity index (χ2v) is 3.51. The van der Waals surface area contributed by atoms with Gasteiger partial charge in [-0.1, -0.05) is 48.0 Å². The summed E-state index contributed by atoms with van der Waals surface area (Å²) in [5.41, 5.74) is 3.38. The van der Waals surface area contributed by atoms with Gasteiger partial charge >= 0.3 is 0 Å². The van der Waals surface area contributed by atoms with E-state index in [9.17, 15) is 0 Å².